The minimum Gasteiger partial charge on any atom is -0.256 e. The topological polar surface area (TPSA) is 12.9 Å². The zero-order valence-corrected chi connectivity index (χ0v) is 11.3. The second-order valence-corrected chi connectivity index (χ2v) is 4.21. The monoisotopic (exact) mass is 255 g/mol. The number of hydrogen-bond donors (Lipinski definition) is 0. The van der Waals surface area contributed by atoms with Gasteiger partial charge in [0, 0.05) is 17.1 Å². The Kier molecular flexibility index (Phi) is 4.53. The first-order valence-corrected chi connectivity index (χ1v) is 6.09. The van der Waals surface area contributed by atoms with Gasteiger partial charge in [-0.2, -0.15) is 8.78 Å². The number of halogens is 2. The number of fused-ring (bicyclic) bond motifs is 1. The van der Waals surface area contributed by atoms with Crippen LogP contribution in [-0.2, 0) is 5.66 Å². The van der Waals surface area contributed by atoms with Crippen molar-refractivity contribution in [2.75, 3.05) is 0 Å². The highest BCUT2D eigenvalue weighted by Gasteiger charge is 2.24. The van der Waals surface area contributed by atoms with E-state index in [4.69, 9.17) is 0 Å². The summed E-state index contributed by atoms with van der Waals surface area (Å²) in [5.41, 5.74) is -1.27. The van der Waals surface area contributed by atoms with Crippen molar-refractivity contribution in [3.05, 3.63) is 41.6 Å². The number of pyridine rings is 1. The van der Waals surface area contributed by atoms with Crippen LogP contribution in [-0.4, -0.2) is 4.98 Å². The molecule has 4 heteroatoms. The highest BCUT2D eigenvalue weighted by atomic mass is 31.0. The largest absolute Gasteiger partial charge is 0.283 e. The van der Waals surface area contributed by atoms with Crippen LogP contribution in [0.15, 0.2) is 30.5 Å². The van der Waals surface area contributed by atoms with Crippen molar-refractivity contribution in [3.63, 3.8) is 0 Å². The first-order valence-electron chi connectivity index (χ1n) is 5.51. The van der Waals surface area contributed by atoms with Crippen molar-refractivity contribution in [2.24, 2.45) is 0 Å². The molecule has 2 aromatic rings. The summed E-state index contributed by atoms with van der Waals surface area (Å²) < 4.78 is 26.0. The fraction of sp³-hybridized carbons (Fsp3) is 0.308. The van der Waals surface area contributed by atoms with E-state index in [1.165, 1.54) is 21.4 Å². The Balaban J connectivity index is 0.000000686. The van der Waals surface area contributed by atoms with Gasteiger partial charge in [0.15, 0.2) is 0 Å². The average Bonchev–Trinajstić information content (AvgIpc) is 2.30. The number of benzene rings is 1. The predicted octanol–water partition coefficient (Wildman–Crippen LogP) is 4.49. The number of rotatable bonds is 1. The summed E-state index contributed by atoms with van der Waals surface area (Å²) >= 11 is 0. The molecule has 0 aliphatic carbocycles. The molecule has 0 N–H and O–H groups in total. The van der Waals surface area contributed by atoms with Gasteiger partial charge in [-0.25, -0.2) is 0 Å². The first-order chi connectivity index (χ1) is 7.98. The molecule has 92 valence electrons. The van der Waals surface area contributed by atoms with Gasteiger partial charge in [0.05, 0.1) is 5.52 Å². The maximum atomic E-state index is 13.0. The lowest BCUT2D eigenvalue weighted by molar-refractivity contribution is 0.104. The van der Waals surface area contributed by atoms with E-state index in [-0.39, 0.29) is 5.56 Å². The standard InChI is InChI=1S/C11H10F2NP.C2H6/c1-7-4-5-14-10-6-8(11(12,13)15)2-3-9(7)10;1-2/h2-6H,15H2,1H3;1-2H3. The molecule has 17 heavy (non-hydrogen) atoms. The van der Waals surface area contributed by atoms with Crippen LogP contribution in [0, 0.1) is 6.92 Å². The van der Waals surface area contributed by atoms with Crippen LogP contribution >= 0.6 is 9.24 Å². The summed E-state index contributed by atoms with van der Waals surface area (Å²) in [6, 6.07) is 6.41. The Bertz CT molecular complexity index is 506. The molecule has 1 atom stereocenters. The van der Waals surface area contributed by atoms with E-state index in [0.29, 0.717) is 5.52 Å². The van der Waals surface area contributed by atoms with Crippen LogP contribution in [0.5, 0.6) is 0 Å². The van der Waals surface area contributed by atoms with Crippen LogP contribution in [0.4, 0.5) is 8.78 Å². The van der Waals surface area contributed by atoms with Crippen molar-refractivity contribution >= 4 is 20.1 Å². The highest BCUT2D eigenvalue weighted by Crippen LogP contribution is 2.35. The van der Waals surface area contributed by atoms with Crippen molar-refractivity contribution in [2.45, 2.75) is 26.4 Å². The summed E-state index contributed by atoms with van der Waals surface area (Å²) in [6.45, 7) is 5.93. The van der Waals surface area contributed by atoms with Gasteiger partial charge in [-0.3, -0.25) is 4.98 Å². The van der Waals surface area contributed by atoms with Gasteiger partial charge in [-0.1, -0.05) is 35.2 Å². The second-order valence-electron chi connectivity index (χ2n) is 3.48. The van der Waals surface area contributed by atoms with Gasteiger partial charge in [0.2, 0.25) is 0 Å². The minimum absolute atomic E-state index is 0.0295. The molecule has 1 aromatic heterocycles. The first kappa shape index (κ1) is 14.0. The quantitative estimate of drug-likeness (QED) is 0.684. The number of aromatic nitrogens is 1. The summed E-state index contributed by atoms with van der Waals surface area (Å²) in [7, 11) is 1.53. The summed E-state index contributed by atoms with van der Waals surface area (Å²) in [4.78, 5) is 4.07. The van der Waals surface area contributed by atoms with Crippen molar-refractivity contribution in [3.8, 4) is 0 Å². The zero-order valence-electron chi connectivity index (χ0n) is 10.2. The van der Waals surface area contributed by atoms with E-state index in [2.05, 4.69) is 4.98 Å². The van der Waals surface area contributed by atoms with Crippen LogP contribution < -0.4 is 0 Å². The third kappa shape index (κ3) is 3.19. The molecule has 0 saturated heterocycles. The van der Waals surface area contributed by atoms with Crippen LogP contribution in [0.1, 0.15) is 25.0 Å². The van der Waals surface area contributed by atoms with Gasteiger partial charge >= 0.3 is 0 Å². The molecule has 0 radical (unpaired) electrons. The summed E-state index contributed by atoms with van der Waals surface area (Å²) in [5, 5.41) is 0.913. The number of nitrogens with zero attached hydrogens (tertiary/aromatic N) is 1. The number of alkyl halides is 2. The zero-order chi connectivity index (χ0) is 13.1. The minimum atomic E-state index is -2.89. The maximum Gasteiger partial charge on any atom is 0.283 e. The molecule has 1 aromatic carbocycles. The second kappa shape index (κ2) is 5.50. The Morgan fingerprint density at radius 3 is 2.41 bits per heavy atom. The Hall–Kier alpha value is -1.08. The molecule has 0 aliphatic rings. The molecule has 1 heterocycles. The van der Waals surface area contributed by atoms with E-state index < -0.39 is 5.66 Å². The van der Waals surface area contributed by atoms with E-state index in [9.17, 15) is 8.78 Å². The van der Waals surface area contributed by atoms with Gasteiger partial charge in [0.1, 0.15) is 0 Å². The van der Waals surface area contributed by atoms with Crippen molar-refractivity contribution in [1.29, 1.82) is 0 Å². The molecule has 0 spiro atoms. The van der Waals surface area contributed by atoms with Crippen molar-refractivity contribution in [1.82, 2.24) is 4.98 Å². The van der Waals surface area contributed by atoms with Crippen molar-refractivity contribution < 1.29 is 8.78 Å². The third-order valence-electron chi connectivity index (χ3n) is 2.35. The maximum absolute atomic E-state index is 13.0. The molecule has 2 rings (SSSR count). The molecule has 0 fully saturated rings. The molecule has 1 unspecified atom stereocenters. The molecule has 0 aliphatic heterocycles. The van der Waals surface area contributed by atoms with Crippen LogP contribution in [0.2, 0.25) is 0 Å². The fourth-order valence-corrected chi connectivity index (χ4v) is 1.68. The van der Waals surface area contributed by atoms with Gasteiger partial charge < -0.3 is 0 Å². The fourth-order valence-electron chi connectivity index (χ4n) is 1.50. The average molecular weight is 255 g/mol. The van der Waals surface area contributed by atoms with Crippen LogP contribution in [0.3, 0.4) is 0 Å². The lowest BCUT2D eigenvalue weighted by Crippen LogP contribution is -2.02. The third-order valence-corrected chi connectivity index (χ3v) is 2.68. The lowest BCUT2D eigenvalue weighted by atomic mass is 10.1. The lowest BCUT2D eigenvalue weighted by Gasteiger charge is -2.11. The SMILES string of the molecule is CC.Cc1ccnc2cc(C(F)(F)P)ccc12. The van der Waals surface area contributed by atoms with Gasteiger partial charge in [0.25, 0.3) is 5.66 Å². The molecule has 0 amide bonds. The van der Waals surface area contributed by atoms with E-state index >= 15 is 0 Å². The summed E-state index contributed by atoms with van der Waals surface area (Å²) in [5.74, 6) is 0. The normalized spacial score (nSPS) is 10.9. The molecule has 0 bridgehead atoms. The Labute approximate surface area is 102 Å². The number of aryl methyl sites for hydroxylation is 1. The van der Waals surface area contributed by atoms with Gasteiger partial charge in [-0.15, -0.1) is 0 Å². The Morgan fingerprint density at radius 2 is 1.82 bits per heavy atom. The smallest absolute Gasteiger partial charge is 0.256 e. The Morgan fingerprint density at radius 1 is 1.18 bits per heavy atom. The van der Waals surface area contributed by atoms with E-state index in [0.717, 1.165) is 10.9 Å². The molecular formula is C13H16F2NP. The number of hydrogen-bond acceptors (Lipinski definition) is 1. The summed E-state index contributed by atoms with van der Waals surface area (Å²) in [6.07, 6.45) is 1.63. The predicted molar refractivity (Wildman–Crippen MR) is 71.4 cm³/mol. The molecule has 0 saturated carbocycles. The molecule has 1 nitrogen and oxygen atoms in total. The van der Waals surface area contributed by atoms with E-state index in [1.807, 2.05) is 26.8 Å². The van der Waals surface area contributed by atoms with E-state index in [1.54, 1.807) is 12.3 Å². The van der Waals surface area contributed by atoms with Crippen LogP contribution in [0.25, 0.3) is 10.9 Å². The molecular weight excluding hydrogens is 239 g/mol. The highest BCUT2D eigenvalue weighted by molar-refractivity contribution is 7.17. The van der Waals surface area contributed by atoms with Gasteiger partial charge in [-0.05, 0) is 24.6 Å².